The van der Waals surface area contributed by atoms with Crippen molar-refractivity contribution in [2.24, 2.45) is 0 Å². The van der Waals surface area contributed by atoms with Crippen LogP contribution in [0.1, 0.15) is 18.4 Å². The lowest BCUT2D eigenvalue weighted by Gasteiger charge is -2.36. The molecule has 0 atom stereocenters. The van der Waals surface area contributed by atoms with Gasteiger partial charge in [-0.15, -0.1) is 0 Å². The molecule has 0 radical (unpaired) electrons. The van der Waals surface area contributed by atoms with E-state index in [9.17, 15) is 14.9 Å². The SMILES string of the molecule is CCCc1nn2c(=O)cc(N3CCN(c4ccc(Cl)cc4[N+](=O)[O-])CC3)nc2s1. The van der Waals surface area contributed by atoms with Crippen LogP contribution in [0.4, 0.5) is 17.2 Å². The summed E-state index contributed by atoms with van der Waals surface area (Å²) < 4.78 is 1.35. The maximum Gasteiger partial charge on any atom is 0.294 e. The number of halogens is 1. The second-order valence-electron chi connectivity index (χ2n) is 6.76. The van der Waals surface area contributed by atoms with Gasteiger partial charge in [0.25, 0.3) is 11.2 Å². The molecule has 0 unspecified atom stereocenters. The van der Waals surface area contributed by atoms with Gasteiger partial charge in [0.15, 0.2) is 0 Å². The maximum atomic E-state index is 12.4. The highest BCUT2D eigenvalue weighted by Crippen LogP contribution is 2.32. The predicted octanol–water partition coefficient (Wildman–Crippen LogP) is 2.99. The first-order chi connectivity index (χ1) is 14.0. The smallest absolute Gasteiger partial charge is 0.294 e. The quantitative estimate of drug-likeness (QED) is 0.449. The first-order valence-corrected chi connectivity index (χ1v) is 10.5. The maximum absolute atomic E-state index is 12.4. The van der Waals surface area contributed by atoms with Crippen molar-refractivity contribution < 1.29 is 4.92 Å². The minimum absolute atomic E-state index is 0.00291. The van der Waals surface area contributed by atoms with Gasteiger partial charge in [-0.05, 0) is 18.6 Å². The summed E-state index contributed by atoms with van der Waals surface area (Å²) >= 11 is 7.35. The standard InChI is InChI=1S/C18H19ClN6O3S/c1-2-3-16-21-24-17(26)11-15(20-18(24)29-16)23-8-6-22(7-9-23)13-5-4-12(19)10-14(13)25(27)28/h4-5,10-11H,2-3,6-9H2,1H3. The fourth-order valence-corrected chi connectivity index (χ4v) is 4.56. The third-order valence-electron chi connectivity index (χ3n) is 4.82. The van der Waals surface area contributed by atoms with Crippen molar-refractivity contribution in [1.82, 2.24) is 14.6 Å². The number of hydrogen-bond acceptors (Lipinski definition) is 8. The van der Waals surface area contributed by atoms with Crippen molar-refractivity contribution in [3.05, 3.63) is 54.8 Å². The van der Waals surface area contributed by atoms with Gasteiger partial charge in [-0.2, -0.15) is 9.61 Å². The summed E-state index contributed by atoms with van der Waals surface area (Å²) in [6.07, 6.45) is 1.78. The fourth-order valence-electron chi connectivity index (χ4n) is 3.40. The van der Waals surface area contributed by atoms with Gasteiger partial charge in [0.2, 0.25) is 4.96 Å². The molecule has 1 aliphatic heterocycles. The highest BCUT2D eigenvalue weighted by Gasteiger charge is 2.25. The Morgan fingerprint density at radius 1 is 1.21 bits per heavy atom. The van der Waals surface area contributed by atoms with Crippen LogP contribution in [-0.4, -0.2) is 45.7 Å². The van der Waals surface area contributed by atoms with Gasteiger partial charge >= 0.3 is 0 Å². The van der Waals surface area contributed by atoms with Crippen LogP contribution in [0.5, 0.6) is 0 Å². The molecule has 0 bridgehead atoms. The molecule has 3 heterocycles. The van der Waals surface area contributed by atoms with Crippen molar-refractivity contribution in [2.45, 2.75) is 19.8 Å². The number of nitro benzene ring substituents is 1. The van der Waals surface area contributed by atoms with E-state index in [2.05, 4.69) is 17.0 Å². The van der Waals surface area contributed by atoms with Crippen LogP contribution in [0, 0.1) is 10.1 Å². The molecule has 4 rings (SSSR count). The van der Waals surface area contributed by atoms with E-state index in [4.69, 9.17) is 11.6 Å². The van der Waals surface area contributed by atoms with E-state index in [1.807, 2.05) is 9.80 Å². The number of aromatic nitrogens is 3. The summed E-state index contributed by atoms with van der Waals surface area (Å²) in [5.74, 6) is 0.618. The highest BCUT2D eigenvalue weighted by atomic mass is 35.5. The molecule has 29 heavy (non-hydrogen) atoms. The molecule has 1 aromatic carbocycles. The van der Waals surface area contributed by atoms with Crippen LogP contribution >= 0.6 is 22.9 Å². The van der Waals surface area contributed by atoms with Gasteiger partial charge in [-0.1, -0.05) is 29.9 Å². The topological polar surface area (TPSA) is 96.9 Å². The van der Waals surface area contributed by atoms with Crippen molar-refractivity contribution in [1.29, 1.82) is 0 Å². The Bertz CT molecular complexity index is 1120. The zero-order chi connectivity index (χ0) is 20.5. The van der Waals surface area contributed by atoms with E-state index in [0.29, 0.717) is 47.7 Å². The summed E-state index contributed by atoms with van der Waals surface area (Å²) in [7, 11) is 0. The molecule has 0 aliphatic carbocycles. The lowest BCUT2D eigenvalue weighted by molar-refractivity contribution is -0.384. The Labute approximate surface area is 175 Å². The van der Waals surface area contributed by atoms with Gasteiger partial charge in [0.05, 0.1) is 4.92 Å². The minimum atomic E-state index is -0.415. The van der Waals surface area contributed by atoms with Gasteiger partial charge in [-0.3, -0.25) is 14.9 Å². The van der Waals surface area contributed by atoms with Crippen LogP contribution in [0.15, 0.2) is 29.1 Å². The van der Waals surface area contributed by atoms with Gasteiger partial charge in [0.1, 0.15) is 16.5 Å². The predicted molar refractivity (Wildman–Crippen MR) is 114 cm³/mol. The monoisotopic (exact) mass is 434 g/mol. The number of aryl methyl sites for hydroxylation is 1. The van der Waals surface area contributed by atoms with E-state index in [-0.39, 0.29) is 11.2 Å². The third-order valence-corrected chi connectivity index (χ3v) is 6.02. The number of nitrogens with zero attached hydrogens (tertiary/aromatic N) is 6. The Morgan fingerprint density at radius 2 is 1.93 bits per heavy atom. The number of benzene rings is 1. The average Bonchev–Trinajstić information content (AvgIpc) is 3.11. The van der Waals surface area contributed by atoms with Crippen molar-refractivity contribution >= 4 is 45.1 Å². The molecule has 0 saturated carbocycles. The summed E-state index contributed by atoms with van der Waals surface area (Å²) in [6, 6.07) is 6.21. The molecule has 3 aromatic rings. The largest absolute Gasteiger partial charge is 0.362 e. The second-order valence-corrected chi connectivity index (χ2v) is 8.23. The molecule has 1 fully saturated rings. The zero-order valence-corrected chi connectivity index (χ0v) is 17.3. The van der Waals surface area contributed by atoms with Crippen LogP contribution in [-0.2, 0) is 6.42 Å². The van der Waals surface area contributed by atoms with E-state index < -0.39 is 4.92 Å². The highest BCUT2D eigenvalue weighted by molar-refractivity contribution is 7.16. The van der Waals surface area contributed by atoms with Crippen molar-refractivity contribution in [2.75, 3.05) is 36.0 Å². The van der Waals surface area contributed by atoms with E-state index in [1.165, 1.54) is 28.0 Å². The number of anilines is 2. The molecule has 2 aromatic heterocycles. The zero-order valence-electron chi connectivity index (χ0n) is 15.7. The fraction of sp³-hybridized carbons (Fsp3) is 0.389. The van der Waals surface area contributed by atoms with Gasteiger partial charge < -0.3 is 9.80 Å². The summed E-state index contributed by atoms with van der Waals surface area (Å²) in [5.41, 5.74) is 0.352. The van der Waals surface area contributed by atoms with E-state index in [1.54, 1.807) is 12.1 Å². The van der Waals surface area contributed by atoms with Gasteiger partial charge in [-0.25, -0.2) is 4.98 Å². The van der Waals surface area contributed by atoms with E-state index in [0.717, 1.165) is 17.8 Å². The van der Waals surface area contributed by atoms with E-state index >= 15 is 0 Å². The first kappa shape index (κ1) is 19.6. The molecule has 9 nitrogen and oxygen atoms in total. The Kier molecular flexibility index (Phi) is 5.37. The Hall–Kier alpha value is -2.72. The number of fused-ring (bicyclic) bond motifs is 1. The molecule has 1 aliphatic rings. The van der Waals surface area contributed by atoms with Crippen LogP contribution in [0.3, 0.4) is 0 Å². The molecular weight excluding hydrogens is 416 g/mol. The Balaban J connectivity index is 1.54. The lowest BCUT2D eigenvalue weighted by Crippen LogP contribution is -2.47. The van der Waals surface area contributed by atoms with Crippen LogP contribution < -0.4 is 15.4 Å². The Morgan fingerprint density at radius 3 is 2.62 bits per heavy atom. The summed E-state index contributed by atoms with van der Waals surface area (Å²) in [4.78, 5) is 32.6. The number of nitro groups is 1. The average molecular weight is 435 g/mol. The van der Waals surface area contributed by atoms with Crippen molar-refractivity contribution in [3.63, 3.8) is 0 Å². The number of hydrogen-bond donors (Lipinski definition) is 0. The van der Waals surface area contributed by atoms with Crippen LogP contribution in [0.25, 0.3) is 4.96 Å². The number of piperazine rings is 1. The summed E-state index contributed by atoms with van der Waals surface area (Å²) in [6.45, 7) is 4.42. The molecule has 1 saturated heterocycles. The molecule has 11 heteroatoms. The second kappa shape index (κ2) is 7.96. The molecule has 0 amide bonds. The third kappa shape index (κ3) is 3.90. The van der Waals surface area contributed by atoms with Crippen LogP contribution in [0.2, 0.25) is 5.02 Å². The first-order valence-electron chi connectivity index (χ1n) is 9.30. The van der Waals surface area contributed by atoms with Crippen molar-refractivity contribution in [3.8, 4) is 0 Å². The molecule has 0 spiro atoms. The summed E-state index contributed by atoms with van der Waals surface area (Å²) in [5, 5.41) is 16.9. The molecule has 152 valence electrons. The molecular formula is C18H19ClN6O3S. The minimum Gasteiger partial charge on any atom is -0.362 e. The normalized spacial score (nSPS) is 14.6. The number of rotatable bonds is 5. The molecule has 0 N–H and O–H groups in total. The lowest BCUT2D eigenvalue weighted by atomic mass is 10.2. The van der Waals surface area contributed by atoms with Gasteiger partial charge in [0, 0.05) is 49.8 Å².